The lowest BCUT2D eigenvalue weighted by atomic mass is 10.1. The quantitative estimate of drug-likeness (QED) is 0.353. The van der Waals surface area contributed by atoms with Crippen LogP contribution < -0.4 is 0 Å². The maximum atomic E-state index is 9.10. The van der Waals surface area contributed by atoms with Crippen molar-refractivity contribution in [1.82, 2.24) is 0 Å². The zero-order chi connectivity index (χ0) is 8.59. The maximum absolute atomic E-state index is 9.10. The second kappa shape index (κ2) is 3.04. The van der Waals surface area contributed by atoms with E-state index >= 15 is 0 Å². The Bertz CT molecular complexity index is 137. The van der Waals surface area contributed by atoms with Gasteiger partial charge in [-0.25, -0.2) is 0 Å². The first-order chi connectivity index (χ1) is 5.04. The van der Waals surface area contributed by atoms with Crippen LogP contribution in [0.25, 0.3) is 0 Å². The van der Waals surface area contributed by atoms with Gasteiger partial charge in [0.15, 0.2) is 6.29 Å². The second-order valence-electron chi connectivity index (χ2n) is 2.71. The van der Waals surface area contributed by atoms with Crippen LogP contribution in [0, 0.1) is 0 Å². The van der Waals surface area contributed by atoms with Crippen LogP contribution in [0.2, 0.25) is 0 Å². The van der Waals surface area contributed by atoms with Gasteiger partial charge in [-0.1, -0.05) is 0 Å². The van der Waals surface area contributed by atoms with E-state index in [1.165, 1.54) is 6.92 Å². The lowest BCUT2D eigenvalue weighted by Gasteiger charge is -2.16. The Kier molecular flexibility index (Phi) is 2.46. The van der Waals surface area contributed by atoms with Gasteiger partial charge in [-0.15, -0.1) is 0 Å². The third kappa shape index (κ3) is 1.52. The lowest BCUT2D eigenvalue weighted by molar-refractivity contribution is -0.143. The molecule has 0 aromatic rings. The summed E-state index contributed by atoms with van der Waals surface area (Å²) in [5, 5.41) is 35.8. The lowest BCUT2D eigenvalue weighted by Crippen LogP contribution is -2.37. The number of aliphatic hydroxyl groups excluding tert-OH is 4. The first-order valence-electron chi connectivity index (χ1n) is 3.41. The zero-order valence-corrected chi connectivity index (χ0v) is 6.08. The number of rotatable bonds is 1. The maximum Gasteiger partial charge on any atom is 0.184 e. The normalized spacial score (nSPS) is 47.7. The summed E-state index contributed by atoms with van der Waals surface area (Å²) in [6.07, 6.45) is -5.75. The minimum absolute atomic E-state index is 0.903. The van der Waals surface area contributed by atoms with Crippen molar-refractivity contribution in [3.63, 3.8) is 0 Å². The van der Waals surface area contributed by atoms with Crippen molar-refractivity contribution in [3.05, 3.63) is 0 Å². The molecule has 0 aromatic heterocycles. The Morgan fingerprint density at radius 2 is 1.73 bits per heavy atom. The Morgan fingerprint density at radius 3 is 1.91 bits per heavy atom. The molecule has 1 heterocycles. The molecule has 11 heavy (non-hydrogen) atoms. The molecule has 0 aromatic carbocycles. The van der Waals surface area contributed by atoms with E-state index in [2.05, 4.69) is 4.74 Å². The van der Waals surface area contributed by atoms with Crippen molar-refractivity contribution in [2.75, 3.05) is 0 Å². The van der Waals surface area contributed by atoms with Gasteiger partial charge in [0.1, 0.15) is 18.3 Å². The molecule has 4 N–H and O–H groups in total. The third-order valence-corrected chi connectivity index (χ3v) is 1.75. The molecule has 0 aliphatic carbocycles. The first kappa shape index (κ1) is 8.89. The molecular weight excluding hydrogens is 152 g/mol. The van der Waals surface area contributed by atoms with Crippen LogP contribution in [-0.4, -0.2) is 51.1 Å². The molecule has 0 unspecified atom stereocenters. The molecule has 0 bridgehead atoms. The molecule has 66 valence electrons. The molecule has 1 aliphatic heterocycles. The van der Waals surface area contributed by atoms with Gasteiger partial charge in [-0.2, -0.15) is 0 Å². The van der Waals surface area contributed by atoms with Crippen molar-refractivity contribution in [2.24, 2.45) is 0 Å². The van der Waals surface area contributed by atoms with Gasteiger partial charge >= 0.3 is 0 Å². The van der Waals surface area contributed by atoms with E-state index in [9.17, 15) is 0 Å². The van der Waals surface area contributed by atoms with Crippen molar-refractivity contribution in [3.8, 4) is 0 Å². The molecule has 0 saturated carbocycles. The predicted molar refractivity (Wildman–Crippen MR) is 34.6 cm³/mol. The average molecular weight is 164 g/mol. The van der Waals surface area contributed by atoms with Crippen molar-refractivity contribution in [2.45, 2.75) is 37.6 Å². The summed E-state index contributed by atoms with van der Waals surface area (Å²) in [5.41, 5.74) is 0. The highest BCUT2D eigenvalue weighted by Gasteiger charge is 2.43. The zero-order valence-electron chi connectivity index (χ0n) is 6.08. The Morgan fingerprint density at radius 1 is 1.18 bits per heavy atom. The Labute approximate surface area is 63.8 Å². The number of ether oxygens (including phenoxy) is 1. The first-order valence-corrected chi connectivity index (χ1v) is 3.41. The summed E-state index contributed by atoms with van der Waals surface area (Å²) >= 11 is 0. The molecule has 1 rings (SSSR count). The van der Waals surface area contributed by atoms with Crippen LogP contribution in [0.4, 0.5) is 0 Å². The summed E-state index contributed by atoms with van der Waals surface area (Å²) in [4.78, 5) is 0. The molecule has 1 fully saturated rings. The summed E-state index contributed by atoms with van der Waals surface area (Å²) in [6.45, 7) is 1.42. The second-order valence-corrected chi connectivity index (χ2v) is 2.71. The smallest absolute Gasteiger partial charge is 0.184 e. The molecule has 0 spiro atoms. The van der Waals surface area contributed by atoms with E-state index in [-0.39, 0.29) is 0 Å². The summed E-state index contributed by atoms with van der Waals surface area (Å²) < 4.78 is 4.65. The largest absolute Gasteiger partial charge is 0.391 e. The fourth-order valence-electron chi connectivity index (χ4n) is 1.08. The van der Waals surface area contributed by atoms with E-state index in [1.807, 2.05) is 0 Å². The minimum Gasteiger partial charge on any atom is -0.391 e. The fraction of sp³-hybridized carbons (Fsp3) is 1.00. The summed E-state index contributed by atoms with van der Waals surface area (Å²) in [5.74, 6) is 0. The topological polar surface area (TPSA) is 90.2 Å². The van der Waals surface area contributed by atoms with Gasteiger partial charge in [0, 0.05) is 0 Å². The van der Waals surface area contributed by atoms with Gasteiger partial charge < -0.3 is 25.2 Å². The van der Waals surface area contributed by atoms with Gasteiger partial charge in [0.25, 0.3) is 0 Å². The Balaban J connectivity index is 2.59. The molecule has 5 heteroatoms. The number of hydrogen-bond donors (Lipinski definition) is 4. The van der Waals surface area contributed by atoms with Gasteiger partial charge in [-0.3, -0.25) is 0 Å². The van der Waals surface area contributed by atoms with Gasteiger partial charge in [0.05, 0.1) is 6.10 Å². The summed E-state index contributed by atoms with van der Waals surface area (Å²) in [7, 11) is 0. The molecule has 5 atom stereocenters. The van der Waals surface area contributed by atoms with Crippen molar-refractivity contribution < 1.29 is 25.2 Å². The predicted octanol–water partition coefficient (Wildman–Crippen LogP) is -2.19. The SMILES string of the molecule is C[C@H](O)[C@H]1O[C@@H](O)[C@H](O)[C@@H]1O. The molecule has 5 nitrogen and oxygen atoms in total. The highest BCUT2D eigenvalue weighted by atomic mass is 16.6. The monoisotopic (exact) mass is 164 g/mol. The van der Waals surface area contributed by atoms with Crippen molar-refractivity contribution >= 4 is 0 Å². The highest BCUT2D eigenvalue weighted by molar-refractivity contribution is 4.88. The standard InChI is InChI=1S/C6H12O5/c1-2(7)5-3(8)4(9)6(10)11-5/h2-10H,1H3/t2-,3-,4+,5+,6+/m0/s1. The van der Waals surface area contributed by atoms with E-state index in [4.69, 9.17) is 20.4 Å². The molecule has 1 saturated heterocycles. The van der Waals surface area contributed by atoms with Crippen LogP contribution >= 0.6 is 0 Å². The van der Waals surface area contributed by atoms with Gasteiger partial charge in [0.2, 0.25) is 0 Å². The average Bonchev–Trinajstić information content (AvgIpc) is 2.17. The van der Waals surface area contributed by atoms with Crippen molar-refractivity contribution in [1.29, 1.82) is 0 Å². The van der Waals surface area contributed by atoms with E-state index in [0.29, 0.717) is 0 Å². The van der Waals surface area contributed by atoms with Crippen LogP contribution in [0.3, 0.4) is 0 Å². The van der Waals surface area contributed by atoms with E-state index in [1.54, 1.807) is 0 Å². The van der Waals surface area contributed by atoms with Gasteiger partial charge in [-0.05, 0) is 6.92 Å². The van der Waals surface area contributed by atoms with Crippen LogP contribution in [0.1, 0.15) is 6.92 Å². The molecular formula is C6H12O5. The van der Waals surface area contributed by atoms with Crippen LogP contribution in [-0.2, 0) is 4.74 Å². The van der Waals surface area contributed by atoms with Crippen LogP contribution in [0.15, 0.2) is 0 Å². The third-order valence-electron chi connectivity index (χ3n) is 1.75. The highest BCUT2D eigenvalue weighted by Crippen LogP contribution is 2.21. The molecule has 0 amide bonds. The van der Waals surface area contributed by atoms with Crippen LogP contribution in [0.5, 0.6) is 0 Å². The summed E-state index contributed by atoms with van der Waals surface area (Å²) in [6, 6.07) is 0. The van der Waals surface area contributed by atoms with E-state index < -0.39 is 30.7 Å². The Hall–Kier alpha value is -0.200. The fourth-order valence-corrected chi connectivity index (χ4v) is 1.08. The number of aliphatic hydroxyl groups is 4. The van der Waals surface area contributed by atoms with E-state index in [0.717, 1.165) is 0 Å². The number of hydrogen-bond acceptors (Lipinski definition) is 5. The molecule has 0 radical (unpaired) electrons. The molecule has 1 aliphatic rings. The minimum atomic E-state index is -1.40.